The summed E-state index contributed by atoms with van der Waals surface area (Å²) in [6, 6.07) is 26.3. The molecule has 0 radical (unpaired) electrons. The third kappa shape index (κ3) is 10.3. The Morgan fingerprint density at radius 1 is 0.652 bits per heavy atom. The van der Waals surface area contributed by atoms with Crippen LogP contribution in [0.4, 0.5) is 11.4 Å². The number of benzene rings is 2. The second kappa shape index (κ2) is 16.2. The van der Waals surface area contributed by atoms with E-state index in [9.17, 15) is 25.9 Å². The molecule has 3 unspecified atom stereocenters. The first kappa shape index (κ1) is 34.4. The number of nitrogens with zero attached hydrogens (tertiary/aromatic N) is 4. The van der Waals surface area contributed by atoms with Crippen LogP contribution in [0, 0.1) is 0 Å². The van der Waals surface area contributed by atoms with Gasteiger partial charge in [-0.3, -0.25) is 20.0 Å². The molecule has 0 aliphatic heterocycles. The van der Waals surface area contributed by atoms with Gasteiger partial charge < -0.3 is 0 Å². The van der Waals surface area contributed by atoms with Gasteiger partial charge in [-0.2, -0.15) is 27.0 Å². The molecule has 242 valence electrons. The van der Waals surface area contributed by atoms with Crippen molar-refractivity contribution in [3.8, 4) is 0 Å². The summed E-state index contributed by atoms with van der Waals surface area (Å²) in [5, 5.41) is 5.18. The van der Waals surface area contributed by atoms with Crippen molar-refractivity contribution >= 4 is 44.0 Å². The third-order valence-electron chi connectivity index (χ3n) is 7.24. The molecule has 0 aliphatic carbocycles. The lowest BCUT2D eigenvalue weighted by Crippen LogP contribution is -2.57. The first-order valence-electron chi connectivity index (χ1n) is 14.7. The van der Waals surface area contributed by atoms with E-state index in [-0.39, 0.29) is 19.3 Å². The van der Waals surface area contributed by atoms with Crippen LogP contribution in [0.1, 0.15) is 49.9 Å². The van der Waals surface area contributed by atoms with Gasteiger partial charge in [-0.25, -0.2) is 0 Å². The average Bonchev–Trinajstić information content (AvgIpc) is 3.03. The first-order chi connectivity index (χ1) is 22.0. The Balaban J connectivity index is 1.62. The minimum atomic E-state index is -4.83. The lowest BCUT2D eigenvalue weighted by molar-refractivity contribution is -0.945. The number of nitrogens with one attached hydrogen (secondary N) is 2. The molecule has 0 amide bonds. The SMILES string of the molecule is CCCC(C(CCC([n+]1ccc(C=NNc2ccccc2)cc1)[n+]1cccc(C=NNc2ccccc2)c1)S(=O)(=O)O)S(=O)(=O)O. The van der Waals surface area contributed by atoms with Gasteiger partial charge in [-0.1, -0.05) is 49.7 Å². The minimum absolute atomic E-state index is 0.0986. The zero-order chi connectivity index (χ0) is 33.0. The van der Waals surface area contributed by atoms with Crippen molar-refractivity contribution in [2.24, 2.45) is 10.2 Å². The zero-order valence-electron chi connectivity index (χ0n) is 25.2. The van der Waals surface area contributed by atoms with Crippen LogP contribution in [0.3, 0.4) is 0 Å². The van der Waals surface area contributed by atoms with E-state index in [1.807, 2.05) is 100 Å². The van der Waals surface area contributed by atoms with Gasteiger partial charge in [-0.05, 0) is 43.2 Å². The summed E-state index contributed by atoms with van der Waals surface area (Å²) in [4.78, 5) is 0. The molecule has 12 nitrogen and oxygen atoms in total. The topological polar surface area (TPSA) is 165 Å². The number of aromatic nitrogens is 2. The monoisotopic (exact) mass is 666 g/mol. The predicted molar refractivity (Wildman–Crippen MR) is 178 cm³/mol. The Morgan fingerprint density at radius 3 is 1.70 bits per heavy atom. The Bertz CT molecular complexity index is 1820. The van der Waals surface area contributed by atoms with Crippen molar-refractivity contribution in [1.82, 2.24) is 0 Å². The Labute approximate surface area is 269 Å². The molecule has 0 saturated heterocycles. The smallest absolute Gasteiger partial charge is 0.285 e. The number of hydrogen-bond donors (Lipinski definition) is 4. The molecule has 2 heterocycles. The normalized spacial score (nSPS) is 14.2. The molecule has 4 N–H and O–H groups in total. The van der Waals surface area contributed by atoms with Gasteiger partial charge in [0, 0.05) is 23.8 Å². The third-order valence-corrected chi connectivity index (χ3v) is 10.1. The van der Waals surface area contributed by atoms with Gasteiger partial charge >= 0.3 is 6.17 Å². The molecule has 0 fully saturated rings. The number of pyridine rings is 2. The molecular formula is C32H38N6O6S2+2. The van der Waals surface area contributed by atoms with Gasteiger partial charge in [0.25, 0.3) is 20.2 Å². The van der Waals surface area contributed by atoms with Crippen LogP contribution in [0.25, 0.3) is 0 Å². The summed E-state index contributed by atoms with van der Waals surface area (Å²) in [6.07, 6.45) is 10.00. The van der Waals surface area contributed by atoms with Crippen molar-refractivity contribution in [2.45, 2.75) is 49.3 Å². The lowest BCUT2D eigenvalue weighted by atomic mass is 10.1. The van der Waals surface area contributed by atoms with Gasteiger partial charge in [0.2, 0.25) is 0 Å². The largest absolute Gasteiger partial charge is 0.352 e. The number of hydrogen-bond acceptors (Lipinski definition) is 8. The molecular weight excluding hydrogens is 629 g/mol. The fraction of sp³-hybridized carbons (Fsp3) is 0.250. The van der Waals surface area contributed by atoms with E-state index in [0.29, 0.717) is 6.42 Å². The minimum Gasteiger partial charge on any atom is -0.285 e. The fourth-order valence-corrected chi connectivity index (χ4v) is 7.85. The highest BCUT2D eigenvalue weighted by molar-refractivity contribution is 7.90. The highest BCUT2D eigenvalue weighted by Gasteiger charge is 2.41. The van der Waals surface area contributed by atoms with Crippen LogP contribution < -0.4 is 20.0 Å². The Hall–Kier alpha value is -4.50. The molecule has 0 aliphatic rings. The van der Waals surface area contributed by atoms with Crippen LogP contribution in [-0.4, -0.2) is 48.9 Å². The highest BCUT2D eigenvalue weighted by Crippen LogP contribution is 2.24. The molecule has 2 aromatic carbocycles. The molecule has 4 rings (SSSR count). The van der Waals surface area contributed by atoms with Crippen molar-refractivity contribution in [3.05, 3.63) is 121 Å². The molecule has 2 aromatic heterocycles. The second-order valence-corrected chi connectivity index (χ2v) is 13.9. The van der Waals surface area contributed by atoms with Crippen LogP contribution in [-0.2, 0) is 20.2 Å². The Morgan fingerprint density at radius 2 is 1.17 bits per heavy atom. The molecule has 46 heavy (non-hydrogen) atoms. The van der Waals surface area contributed by atoms with Gasteiger partial charge in [0.1, 0.15) is 10.5 Å². The maximum atomic E-state index is 12.4. The molecule has 0 bridgehead atoms. The summed E-state index contributed by atoms with van der Waals surface area (Å²) < 4.78 is 72.9. The molecule has 14 heteroatoms. The summed E-state index contributed by atoms with van der Waals surface area (Å²) in [6.45, 7) is 1.67. The summed E-state index contributed by atoms with van der Waals surface area (Å²) >= 11 is 0. The van der Waals surface area contributed by atoms with Crippen molar-refractivity contribution < 1.29 is 35.1 Å². The number of anilines is 2. The average molecular weight is 667 g/mol. The van der Waals surface area contributed by atoms with Crippen molar-refractivity contribution in [3.63, 3.8) is 0 Å². The van der Waals surface area contributed by atoms with Gasteiger partial charge in [0.05, 0.1) is 35.8 Å². The predicted octanol–water partition coefficient (Wildman–Crippen LogP) is 4.29. The fourth-order valence-electron chi connectivity index (χ4n) is 5.00. The summed E-state index contributed by atoms with van der Waals surface area (Å²) in [7, 11) is -9.59. The summed E-state index contributed by atoms with van der Waals surface area (Å²) in [5.74, 6) is 0. The van der Waals surface area contributed by atoms with E-state index >= 15 is 0 Å². The molecule has 3 atom stereocenters. The zero-order valence-corrected chi connectivity index (χ0v) is 26.9. The first-order valence-corrected chi connectivity index (χ1v) is 17.7. The molecule has 0 spiro atoms. The van der Waals surface area contributed by atoms with Crippen LogP contribution in [0.2, 0.25) is 0 Å². The number of rotatable bonds is 16. The Kier molecular flexibility index (Phi) is 12.1. The highest BCUT2D eigenvalue weighted by atomic mass is 32.2. The maximum Gasteiger partial charge on any atom is 0.352 e. The number of para-hydroxylation sites is 2. The quantitative estimate of drug-likeness (QED) is 0.0595. The van der Waals surface area contributed by atoms with E-state index < -0.39 is 36.9 Å². The van der Waals surface area contributed by atoms with Crippen LogP contribution in [0.5, 0.6) is 0 Å². The van der Waals surface area contributed by atoms with E-state index in [0.717, 1.165) is 22.5 Å². The second-order valence-electron chi connectivity index (χ2n) is 10.6. The van der Waals surface area contributed by atoms with Gasteiger partial charge in [-0.15, -0.1) is 9.13 Å². The number of hydrazone groups is 2. The van der Waals surface area contributed by atoms with Crippen molar-refractivity contribution in [1.29, 1.82) is 0 Å². The molecule has 4 aromatic rings. The van der Waals surface area contributed by atoms with E-state index in [4.69, 9.17) is 0 Å². The standard InChI is InChI=1S/C32H36N6O6S2/c1-2-10-30(45(39,40)41)31(46(42,43)44)16-17-32(37-21-18-26(19-22-37)23-33-35-28-12-5-3-6-13-28)38-20-9-11-27(25-38)24-34-36-29-14-7-4-8-15-29/h3-9,11-15,18-25,30-32,36H,2,10,16-17H2,1H3,(H-,39,40,41,42,43,44)/p+2. The van der Waals surface area contributed by atoms with E-state index in [1.165, 1.54) is 0 Å². The maximum absolute atomic E-state index is 12.4. The van der Waals surface area contributed by atoms with Crippen molar-refractivity contribution in [2.75, 3.05) is 10.9 Å². The van der Waals surface area contributed by atoms with Crippen LogP contribution >= 0.6 is 0 Å². The lowest BCUT2D eigenvalue weighted by Gasteiger charge is -2.22. The van der Waals surface area contributed by atoms with Gasteiger partial charge in [0.15, 0.2) is 24.8 Å². The summed E-state index contributed by atoms with van der Waals surface area (Å²) in [5.41, 5.74) is 9.11. The van der Waals surface area contributed by atoms with Crippen LogP contribution in [0.15, 0.2) is 120 Å². The molecule has 0 saturated carbocycles. The van der Waals surface area contributed by atoms with E-state index in [2.05, 4.69) is 21.1 Å². The van der Waals surface area contributed by atoms with E-state index in [1.54, 1.807) is 37.9 Å².